The van der Waals surface area contributed by atoms with Gasteiger partial charge in [0.25, 0.3) is 0 Å². The van der Waals surface area contributed by atoms with Crippen LogP contribution in [0.4, 0.5) is 11.4 Å². The highest BCUT2D eigenvalue weighted by Crippen LogP contribution is 2.33. The van der Waals surface area contributed by atoms with Crippen molar-refractivity contribution in [3.05, 3.63) is 83.7 Å². The topological polar surface area (TPSA) is 124 Å². The molecule has 0 fully saturated rings. The summed E-state index contributed by atoms with van der Waals surface area (Å²) in [5, 5.41) is 15.7. The quantitative estimate of drug-likeness (QED) is 0.203. The van der Waals surface area contributed by atoms with E-state index in [2.05, 4.69) is 27.8 Å². The predicted octanol–water partition coefficient (Wildman–Crippen LogP) is 4.02. The number of aryl methyl sites for hydroxylation is 2. The summed E-state index contributed by atoms with van der Waals surface area (Å²) in [7, 11) is 2.75. The van der Waals surface area contributed by atoms with Gasteiger partial charge in [-0.1, -0.05) is 42.5 Å². The molecule has 10 heteroatoms. The summed E-state index contributed by atoms with van der Waals surface area (Å²) in [6.07, 6.45) is 3.27. The van der Waals surface area contributed by atoms with Crippen molar-refractivity contribution in [3.8, 4) is 5.75 Å². The molecule has 4 aromatic rings. The van der Waals surface area contributed by atoms with Crippen molar-refractivity contribution in [3.63, 3.8) is 0 Å². The maximum Gasteiger partial charge on any atom is 0.356 e. The number of anilines is 2. The van der Waals surface area contributed by atoms with Gasteiger partial charge in [-0.05, 0) is 42.2 Å². The summed E-state index contributed by atoms with van der Waals surface area (Å²) in [6, 6.07) is 19.5. The first-order valence-corrected chi connectivity index (χ1v) is 13.0. The second kappa shape index (κ2) is 14.1. The molecule has 10 nitrogen and oxygen atoms in total. The molecule has 0 saturated heterocycles. The van der Waals surface area contributed by atoms with Gasteiger partial charge in [-0.25, -0.2) is 9.78 Å². The zero-order chi connectivity index (χ0) is 28.3. The number of ether oxygens (including phenoxy) is 3. The van der Waals surface area contributed by atoms with E-state index < -0.39 is 11.9 Å². The van der Waals surface area contributed by atoms with E-state index in [1.807, 2.05) is 48.5 Å². The number of carbonyl (C=O) groups is 2. The third kappa shape index (κ3) is 7.16. The lowest BCUT2D eigenvalue weighted by molar-refractivity contribution is -0.119. The fraction of sp³-hybridized carbons (Fsp3) is 0.300. The number of aromatic nitrogens is 2. The third-order valence-corrected chi connectivity index (χ3v) is 6.29. The van der Waals surface area contributed by atoms with Gasteiger partial charge in [0.2, 0.25) is 5.91 Å². The number of fused-ring (bicyclic) bond motifs is 1. The zero-order valence-electron chi connectivity index (χ0n) is 22.7. The van der Waals surface area contributed by atoms with E-state index in [0.717, 1.165) is 18.4 Å². The van der Waals surface area contributed by atoms with Gasteiger partial charge in [-0.2, -0.15) is 0 Å². The summed E-state index contributed by atoms with van der Waals surface area (Å²) in [6.45, 7) is 1.05. The van der Waals surface area contributed by atoms with Crippen LogP contribution in [0.25, 0.3) is 11.0 Å². The van der Waals surface area contributed by atoms with Crippen LogP contribution in [0.3, 0.4) is 0 Å². The molecule has 0 spiro atoms. The van der Waals surface area contributed by atoms with Gasteiger partial charge in [0.05, 0.1) is 31.3 Å². The lowest BCUT2D eigenvalue weighted by Crippen LogP contribution is -2.20. The fourth-order valence-corrected chi connectivity index (χ4v) is 4.44. The number of amides is 1. The van der Waals surface area contributed by atoms with E-state index in [4.69, 9.17) is 19.3 Å². The number of hydrogen-bond acceptors (Lipinski definition) is 8. The molecule has 0 bridgehead atoms. The molecule has 0 atom stereocenters. The summed E-state index contributed by atoms with van der Waals surface area (Å²) in [5.41, 5.74) is 4.06. The highest BCUT2D eigenvalue weighted by atomic mass is 16.5. The lowest BCUT2D eigenvalue weighted by Gasteiger charge is -2.11. The number of aliphatic hydroxyl groups excluding tert-OH is 1. The number of benzene rings is 2. The molecule has 1 amide bonds. The standard InChI is InChI=1S/C30H34N4O6/c1-38-20-26(36)33-27-25-17-23(31-18-22-10-12-24(13-11-22)40-16-15-35)19-32-29(25)34(28(27)30(37)39-2)14-6-9-21-7-4-3-5-8-21/h3-5,7-8,10-13,17,19,31,35H,6,9,14-16,18,20H2,1-2H3,(H,33,36). The van der Waals surface area contributed by atoms with Gasteiger partial charge in [0.15, 0.2) is 5.69 Å². The Morgan fingerprint density at radius 1 is 1.02 bits per heavy atom. The average Bonchev–Trinajstić information content (AvgIpc) is 3.27. The Morgan fingerprint density at radius 2 is 1.80 bits per heavy atom. The van der Waals surface area contributed by atoms with Crippen LogP contribution in [0.2, 0.25) is 0 Å². The number of hydrogen-bond donors (Lipinski definition) is 3. The molecule has 0 radical (unpaired) electrons. The molecule has 2 aromatic heterocycles. The Morgan fingerprint density at radius 3 is 2.50 bits per heavy atom. The second-order valence-corrected chi connectivity index (χ2v) is 9.10. The van der Waals surface area contributed by atoms with Crippen LogP contribution in [-0.4, -0.2) is 60.6 Å². The minimum atomic E-state index is -0.566. The minimum absolute atomic E-state index is 0.0425. The number of methoxy groups -OCH3 is 2. The van der Waals surface area contributed by atoms with Crippen LogP contribution in [0.5, 0.6) is 5.75 Å². The Labute approximate surface area is 232 Å². The number of rotatable bonds is 14. The van der Waals surface area contributed by atoms with Crippen LogP contribution in [-0.2, 0) is 33.8 Å². The van der Waals surface area contributed by atoms with Crippen molar-refractivity contribution < 1.29 is 28.9 Å². The van der Waals surface area contributed by atoms with Crippen LogP contribution < -0.4 is 15.4 Å². The molecule has 2 aromatic carbocycles. The summed E-state index contributed by atoms with van der Waals surface area (Å²) in [5.74, 6) is -0.275. The number of nitrogens with zero attached hydrogens (tertiary/aromatic N) is 2. The molecule has 0 saturated carbocycles. The van der Waals surface area contributed by atoms with Crippen molar-refractivity contribution >= 4 is 34.3 Å². The van der Waals surface area contributed by atoms with E-state index in [1.165, 1.54) is 19.8 Å². The van der Waals surface area contributed by atoms with E-state index in [9.17, 15) is 9.59 Å². The second-order valence-electron chi connectivity index (χ2n) is 9.10. The molecule has 0 aliphatic carbocycles. The van der Waals surface area contributed by atoms with Crippen LogP contribution in [0, 0.1) is 0 Å². The first kappa shape index (κ1) is 28.6. The molecule has 0 aliphatic rings. The van der Waals surface area contributed by atoms with E-state index in [0.29, 0.717) is 41.2 Å². The number of aliphatic hydroxyl groups is 1. The summed E-state index contributed by atoms with van der Waals surface area (Å²) >= 11 is 0. The molecule has 2 heterocycles. The third-order valence-electron chi connectivity index (χ3n) is 6.29. The molecule has 3 N–H and O–H groups in total. The molecular weight excluding hydrogens is 512 g/mol. The van der Waals surface area contributed by atoms with Gasteiger partial charge >= 0.3 is 5.97 Å². The number of carbonyl (C=O) groups excluding carboxylic acids is 2. The van der Waals surface area contributed by atoms with Crippen molar-refractivity contribution in [1.29, 1.82) is 0 Å². The van der Waals surface area contributed by atoms with Gasteiger partial charge in [-0.3, -0.25) is 4.79 Å². The SMILES string of the molecule is COCC(=O)Nc1c(C(=O)OC)n(CCCc2ccccc2)c2ncc(NCc3ccc(OCCO)cc3)cc12. The maximum absolute atomic E-state index is 13.0. The fourth-order valence-electron chi connectivity index (χ4n) is 4.44. The molecule has 40 heavy (non-hydrogen) atoms. The zero-order valence-corrected chi connectivity index (χ0v) is 22.7. The number of esters is 1. The number of pyridine rings is 1. The Hall–Kier alpha value is -4.41. The normalized spacial score (nSPS) is 10.9. The van der Waals surface area contributed by atoms with E-state index >= 15 is 0 Å². The lowest BCUT2D eigenvalue weighted by atomic mass is 10.1. The first-order valence-electron chi connectivity index (χ1n) is 13.0. The molecule has 0 aliphatic heterocycles. The largest absolute Gasteiger partial charge is 0.491 e. The highest BCUT2D eigenvalue weighted by Gasteiger charge is 2.26. The molecule has 0 unspecified atom stereocenters. The molecule has 210 valence electrons. The summed E-state index contributed by atoms with van der Waals surface area (Å²) in [4.78, 5) is 30.2. The first-order chi connectivity index (χ1) is 19.5. The smallest absolute Gasteiger partial charge is 0.356 e. The van der Waals surface area contributed by atoms with Crippen LogP contribution in [0.1, 0.15) is 28.0 Å². The minimum Gasteiger partial charge on any atom is -0.491 e. The van der Waals surface area contributed by atoms with E-state index in [-0.39, 0.29) is 25.5 Å². The molecular formula is C30H34N4O6. The number of nitrogens with one attached hydrogen (secondary N) is 2. The Bertz CT molecular complexity index is 1420. The van der Waals surface area contributed by atoms with E-state index in [1.54, 1.807) is 10.8 Å². The maximum atomic E-state index is 13.0. The highest BCUT2D eigenvalue weighted by molar-refractivity contribution is 6.11. The van der Waals surface area contributed by atoms with Crippen molar-refractivity contribution in [2.75, 3.05) is 44.7 Å². The van der Waals surface area contributed by atoms with Gasteiger partial charge in [0.1, 0.15) is 24.6 Å². The Balaban J connectivity index is 1.63. The molecule has 4 rings (SSSR count). The van der Waals surface area contributed by atoms with Gasteiger partial charge < -0.3 is 34.5 Å². The average molecular weight is 547 g/mol. The van der Waals surface area contributed by atoms with Gasteiger partial charge in [-0.15, -0.1) is 0 Å². The summed E-state index contributed by atoms with van der Waals surface area (Å²) < 4.78 is 17.3. The van der Waals surface area contributed by atoms with Gasteiger partial charge in [0, 0.05) is 25.6 Å². The van der Waals surface area contributed by atoms with Crippen LogP contribution >= 0.6 is 0 Å². The predicted molar refractivity (Wildman–Crippen MR) is 153 cm³/mol. The van der Waals surface area contributed by atoms with Crippen molar-refractivity contribution in [1.82, 2.24) is 9.55 Å². The van der Waals surface area contributed by atoms with Crippen molar-refractivity contribution in [2.24, 2.45) is 0 Å². The monoisotopic (exact) mass is 546 g/mol. The Kier molecular flexibility index (Phi) is 10.1. The van der Waals surface area contributed by atoms with Crippen LogP contribution in [0.15, 0.2) is 66.9 Å². The van der Waals surface area contributed by atoms with Crippen molar-refractivity contribution in [2.45, 2.75) is 25.9 Å².